The Kier molecular flexibility index (Phi) is 8.47. The van der Waals surface area contributed by atoms with Crippen molar-refractivity contribution < 1.29 is 15.0 Å². The first-order valence-electron chi connectivity index (χ1n) is 11.5. The van der Waals surface area contributed by atoms with Crippen LogP contribution < -0.4 is 5.32 Å². The standard InChI is InChI=1S/C26H38N2O3/c1-18-5-4-6-19(13-18)15-22(29)7-8-23-24-16-20(14-21(24)17-25(23)30)9-11-27-12-10-26(31)28(2)3/h4-8,13-14,21-25,27,29-30H,9-12,15-17H2,1-3H3/t21-,22-,23+,24-,25+/m0/s1. The Balaban J connectivity index is 1.44. The Hall–Kier alpha value is -1.95. The summed E-state index contributed by atoms with van der Waals surface area (Å²) >= 11 is 0. The molecule has 1 fully saturated rings. The normalized spacial score (nSPS) is 26.2. The van der Waals surface area contributed by atoms with E-state index in [1.54, 1.807) is 19.0 Å². The van der Waals surface area contributed by atoms with E-state index in [2.05, 4.69) is 36.5 Å². The van der Waals surface area contributed by atoms with Crippen LogP contribution in [0.1, 0.15) is 36.8 Å². The van der Waals surface area contributed by atoms with E-state index in [4.69, 9.17) is 0 Å². The van der Waals surface area contributed by atoms with Gasteiger partial charge in [0.1, 0.15) is 0 Å². The molecule has 31 heavy (non-hydrogen) atoms. The summed E-state index contributed by atoms with van der Waals surface area (Å²) in [5.74, 6) is 1.12. The Morgan fingerprint density at radius 3 is 2.87 bits per heavy atom. The summed E-state index contributed by atoms with van der Waals surface area (Å²) in [4.78, 5) is 13.2. The number of amides is 1. The molecule has 0 spiro atoms. The third kappa shape index (κ3) is 6.76. The van der Waals surface area contributed by atoms with Crippen LogP contribution in [0, 0.1) is 24.7 Å². The van der Waals surface area contributed by atoms with Crippen LogP contribution in [0.4, 0.5) is 0 Å². The lowest BCUT2D eigenvalue weighted by Gasteiger charge is -2.19. The lowest BCUT2D eigenvalue weighted by molar-refractivity contribution is -0.128. The summed E-state index contributed by atoms with van der Waals surface area (Å²) in [6, 6.07) is 8.23. The molecule has 1 aromatic carbocycles. The lowest BCUT2D eigenvalue weighted by atomic mass is 9.88. The number of benzene rings is 1. The van der Waals surface area contributed by atoms with Gasteiger partial charge in [0.05, 0.1) is 12.2 Å². The maximum Gasteiger partial charge on any atom is 0.223 e. The van der Waals surface area contributed by atoms with E-state index in [0.717, 1.165) is 31.4 Å². The molecule has 5 nitrogen and oxygen atoms in total. The molecule has 3 rings (SSSR count). The highest BCUT2D eigenvalue weighted by atomic mass is 16.3. The van der Waals surface area contributed by atoms with Crippen molar-refractivity contribution in [2.75, 3.05) is 27.2 Å². The molecule has 0 radical (unpaired) electrons. The molecule has 170 valence electrons. The number of rotatable bonds is 10. The molecule has 1 aromatic rings. The molecule has 2 aliphatic rings. The van der Waals surface area contributed by atoms with Crippen LogP contribution in [0.5, 0.6) is 0 Å². The van der Waals surface area contributed by atoms with Crippen LogP contribution >= 0.6 is 0 Å². The first-order valence-corrected chi connectivity index (χ1v) is 11.5. The summed E-state index contributed by atoms with van der Waals surface area (Å²) in [6.07, 6.45) is 9.37. The Labute approximate surface area is 186 Å². The van der Waals surface area contributed by atoms with Gasteiger partial charge in [0, 0.05) is 39.4 Å². The van der Waals surface area contributed by atoms with E-state index < -0.39 is 6.10 Å². The van der Waals surface area contributed by atoms with E-state index in [1.807, 2.05) is 18.2 Å². The van der Waals surface area contributed by atoms with Gasteiger partial charge in [0.15, 0.2) is 0 Å². The second kappa shape index (κ2) is 11.1. The van der Waals surface area contributed by atoms with Gasteiger partial charge < -0.3 is 20.4 Å². The predicted octanol–water partition coefficient (Wildman–Crippen LogP) is 2.86. The minimum absolute atomic E-state index is 0.108. The largest absolute Gasteiger partial charge is 0.392 e. The van der Waals surface area contributed by atoms with E-state index in [1.165, 1.54) is 11.1 Å². The summed E-state index contributed by atoms with van der Waals surface area (Å²) in [6.45, 7) is 3.65. The predicted molar refractivity (Wildman–Crippen MR) is 125 cm³/mol. The van der Waals surface area contributed by atoms with Crippen molar-refractivity contribution in [1.82, 2.24) is 10.2 Å². The number of nitrogens with zero attached hydrogens (tertiary/aromatic N) is 1. The fourth-order valence-corrected chi connectivity index (χ4v) is 4.99. The van der Waals surface area contributed by atoms with E-state index in [0.29, 0.717) is 31.2 Å². The van der Waals surface area contributed by atoms with E-state index in [-0.39, 0.29) is 17.9 Å². The second-order valence-electron chi connectivity index (χ2n) is 9.42. The molecule has 3 N–H and O–H groups in total. The van der Waals surface area contributed by atoms with E-state index >= 15 is 0 Å². The van der Waals surface area contributed by atoms with Crippen molar-refractivity contribution in [3.8, 4) is 0 Å². The number of carbonyl (C=O) groups excluding carboxylic acids is 1. The van der Waals surface area contributed by atoms with Gasteiger partial charge in [-0.25, -0.2) is 0 Å². The SMILES string of the molecule is Cc1cccc(C[C@@H](O)C=C[C@@H]2[C@H]3CC(CCNCCC(=O)N(C)C)=C[C@H]3C[C@H]2O)c1. The molecule has 0 saturated heterocycles. The van der Waals surface area contributed by atoms with Crippen molar-refractivity contribution in [2.45, 2.75) is 51.2 Å². The zero-order valence-corrected chi connectivity index (χ0v) is 19.1. The zero-order chi connectivity index (χ0) is 22.4. The minimum atomic E-state index is -0.532. The zero-order valence-electron chi connectivity index (χ0n) is 19.1. The van der Waals surface area contributed by atoms with Crippen molar-refractivity contribution in [3.05, 3.63) is 59.2 Å². The van der Waals surface area contributed by atoms with Gasteiger partial charge in [-0.1, -0.05) is 53.6 Å². The number of allylic oxidation sites excluding steroid dienone is 1. The number of aliphatic hydroxyl groups excluding tert-OH is 2. The van der Waals surface area contributed by atoms with Gasteiger partial charge in [-0.15, -0.1) is 0 Å². The molecule has 0 heterocycles. The highest BCUT2D eigenvalue weighted by Gasteiger charge is 2.43. The molecule has 5 heteroatoms. The van der Waals surface area contributed by atoms with Gasteiger partial charge >= 0.3 is 0 Å². The van der Waals surface area contributed by atoms with Crippen molar-refractivity contribution >= 4 is 5.91 Å². The third-order valence-electron chi connectivity index (χ3n) is 6.67. The average molecular weight is 427 g/mol. The molecule has 5 atom stereocenters. The number of aryl methyl sites for hydroxylation is 1. The van der Waals surface area contributed by atoms with Crippen molar-refractivity contribution in [2.24, 2.45) is 17.8 Å². The Bertz CT molecular complexity index is 802. The topological polar surface area (TPSA) is 72.8 Å². The van der Waals surface area contributed by atoms with Crippen LogP contribution in [-0.2, 0) is 11.2 Å². The molecular weight excluding hydrogens is 388 g/mol. The lowest BCUT2D eigenvalue weighted by Crippen LogP contribution is -2.27. The molecule has 0 unspecified atom stereocenters. The van der Waals surface area contributed by atoms with Crippen molar-refractivity contribution in [1.29, 1.82) is 0 Å². The van der Waals surface area contributed by atoms with Crippen LogP contribution in [0.2, 0.25) is 0 Å². The quantitative estimate of drug-likeness (QED) is 0.397. The van der Waals surface area contributed by atoms with Crippen molar-refractivity contribution in [3.63, 3.8) is 0 Å². The number of hydrogen-bond donors (Lipinski definition) is 3. The van der Waals surface area contributed by atoms with Crippen LogP contribution in [-0.4, -0.2) is 60.4 Å². The second-order valence-corrected chi connectivity index (χ2v) is 9.42. The molecule has 0 aliphatic heterocycles. The number of carbonyl (C=O) groups is 1. The maximum atomic E-state index is 11.6. The average Bonchev–Trinajstić information content (AvgIpc) is 3.22. The summed E-state index contributed by atoms with van der Waals surface area (Å²) < 4.78 is 0. The van der Waals surface area contributed by atoms with Crippen LogP contribution in [0.15, 0.2) is 48.1 Å². The first-order chi connectivity index (χ1) is 14.8. The summed E-state index contributed by atoms with van der Waals surface area (Å²) in [5.41, 5.74) is 3.78. The highest BCUT2D eigenvalue weighted by Crippen LogP contribution is 2.47. The van der Waals surface area contributed by atoms with E-state index in [9.17, 15) is 15.0 Å². The van der Waals surface area contributed by atoms with Gasteiger partial charge in [0.2, 0.25) is 5.91 Å². The third-order valence-corrected chi connectivity index (χ3v) is 6.67. The number of hydrogen-bond acceptors (Lipinski definition) is 4. The smallest absolute Gasteiger partial charge is 0.223 e. The van der Waals surface area contributed by atoms with Crippen LogP contribution in [0.3, 0.4) is 0 Å². The minimum Gasteiger partial charge on any atom is -0.392 e. The number of aliphatic hydroxyl groups is 2. The molecule has 0 bridgehead atoms. The van der Waals surface area contributed by atoms with Crippen LogP contribution in [0.25, 0.3) is 0 Å². The number of fused-ring (bicyclic) bond motifs is 1. The molecule has 1 amide bonds. The molecule has 0 aromatic heterocycles. The van der Waals surface area contributed by atoms with Gasteiger partial charge in [0.25, 0.3) is 0 Å². The molecular formula is C26H38N2O3. The number of nitrogens with one attached hydrogen (secondary N) is 1. The highest BCUT2D eigenvalue weighted by molar-refractivity contribution is 5.75. The monoisotopic (exact) mass is 426 g/mol. The maximum absolute atomic E-state index is 11.6. The fourth-order valence-electron chi connectivity index (χ4n) is 4.99. The first kappa shape index (κ1) is 23.7. The summed E-state index contributed by atoms with van der Waals surface area (Å²) in [5, 5.41) is 24.4. The van der Waals surface area contributed by atoms with Gasteiger partial charge in [-0.05, 0) is 50.1 Å². The molecule has 2 aliphatic carbocycles. The Morgan fingerprint density at radius 2 is 2.13 bits per heavy atom. The van der Waals surface area contributed by atoms with Gasteiger partial charge in [-0.2, -0.15) is 0 Å². The fraction of sp³-hybridized carbons (Fsp3) is 0.577. The molecule has 1 saturated carbocycles. The summed E-state index contributed by atoms with van der Waals surface area (Å²) in [7, 11) is 3.57. The van der Waals surface area contributed by atoms with Gasteiger partial charge in [-0.3, -0.25) is 4.79 Å². The Morgan fingerprint density at radius 1 is 1.32 bits per heavy atom.